The SMILES string of the molecule is O=C(CSc1nc2ccccc2c(=O)n1CCC1=CCCCC1)Nc1ccc2c(c1)OCO2. The van der Waals surface area contributed by atoms with E-state index in [4.69, 9.17) is 14.5 Å². The lowest BCUT2D eigenvalue weighted by Crippen LogP contribution is -2.24. The number of benzene rings is 2. The van der Waals surface area contributed by atoms with Crippen molar-refractivity contribution in [3.63, 3.8) is 0 Å². The molecule has 0 saturated heterocycles. The number of anilines is 1. The summed E-state index contributed by atoms with van der Waals surface area (Å²) in [7, 11) is 0. The molecule has 0 atom stereocenters. The second-order valence-electron chi connectivity index (χ2n) is 8.13. The van der Waals surface area contributed by atoms with Crippen molar-refractivity contribution in [2.24, 2.45) is 0 Å². The van der Waals surface area contributed by atoms with E-state index in [0.717, 1.165) is 19.3 Å². The topological polar surface area (TPSA) is 82.5 Å². The monoisotopic (exact) mass is 463 g/mol. The van der Waals surface area contributed by atoms with Crippen LogP contribution in [0.15, 0.2) is 64.1 Å². The van der Waals surface area contributed by atoms with Gasteiger partial charge in [-0.15, -0.1) is 0 Å². The van der Waals surface area contributed by atoms with Gasteiger partial charge in [0.15, 0.2) is 16.7 Å². The van der Waals surface area contributed by atoms with Crippen LogP contribution in [0, 0.1) is 0 Å². The largest absolute Gasteiger partial charge is 0.454 e. The number of ether oxygens (including phenoxy) is 2. The van der Waals surface area contributed by atoms with E-state index >= 15 is 0 Å². The van der Waals surface area contributed by atoms with E-state index in [1.165, 1.54) is 30.2 Å². The zero-order valence-electron chi connectivity index (χ0n) is 18.2. The zero-order chi connectivity index (χ0) is 22.6. The Morgan fingerprint density at radius 2 is 2.00 bits per heavy atom. The fourth-order valence-corrected chi connectivity index (χ4v) is 4.97. The van der Waals surface area contributed by atoms with E-state index in [1.807, 2.05) is 24.3 Å². The van der Waals surface area contributed by atoms with Crippen LogP contribution in [0.5, 0.6) is 11.5 Å². The summed E-state index contributed by atoms with van der Waals surface area (Å²) in [5.41, 5.74) is 2.63. The number of hydrogen-bond donors (Lipinski definition) is 1. The van der Waals surface area contributed by atoms with Crippen molar-refractivity contribution in [3.8, 4) is 11.5 Å². The third-order valence-corrected chi connectivity index (χ3v) is 6.83. The molecule has 2 heterocycles. The molecule has 0 fully saturated rings. The first-order valence-electron chi connectivity index (χ1n) is 11.2. The molecule has 1 amide bonds. The number of para-hydroxylation sites is 1. The maximum absolute atomic E-state index is 13.2. The van der Waals surface area contributed by atoms with Crippen LogP contribution in [0.1, 0.15) is 32.1 Å². The van der Waals surface area contributed by atoms with E-state index < -0.39 is 0 Å². The lowest BCUT2D eigenvalue weighted by Gasteiger charge is -2.16. The number of allylic oxidation sites excluding steroid dienone is 2. The van der Waals surface area contributed by atoms with Gasteiger partial charge < -0.3 is 14.8 Å². The van der Waals surface area contributed by atoms with E-state index in [9.17, 15) is 9.59 Å². The summed E-state index contributed by atoms with van der Waals surface area (Å²) >= 11 is 1.28. The first kappa shape index (κ1) is 21.6. The van der Waals surface area contributed by atoms with Gasteiger partial charge in [0, 0.05) is 18.3 Å². The van der Waals surface area contributed by atoms with Crippen LogP contribution in [0.4, 0.5) is 5.69 Å². The second kappa shape index (κ2) is 9.70. The number of nitrogens with one attached hydrogen (secondary N) is 1. The molecule has 7 nitrogen and oxygen atoms in total. The predicted octanol–water partition coefficient (Wildman–Crippen LogP) is 4.75. The molecule has 170 valence electrons. The molecule has 1 aromatic heterocycles. The maximum atomic E-state index is 13.2. The Bertz CT molecular complexity index is 1280. The number of hydrogen-bond acceptors (Lipinski definition) is 6. The Morgan fingerprint density at radius 1 is 1.12 bits per heavy atom. The summed E-state index contributed by atoms with van der Waals surface area (Å²) in [6.45, 7) is 0.749. The Hall–Kier alpha value is -3.26. The van der Waals surface area contributed by atoms with Gasteiger partial charge >= 0.3 is 0 Å². The normalized spacial score (nSPS) is 14.8. The minimum Gasteiger partial charge on any atom is -0.454 e. The molecule has 5 rings (SSSR count). The number of rotatable bonds is 7. The highest BCUT2D eigenvalue weighted by atomic mass is 32.2. The smallest absolute Gasteiger partial charge is 0.262 e. The third-order valence-electron chi connectivity index (χ3n) is 5.86. The molecule has 1 N–H and O–H groups in total. The molecular formula is C25H25N3O4S. The minimum absolute atomic E-state index is 0.0595. The fourth-order valence-electron chi connectivity index (χ4n) is 4.14. The molecule has 0 radical (unpaired) electrons. The molecule has 1 aliphatic heterocycles. The molecule has 2 aromatic carbocycles. The molecular weight excluding hydrogens is 438 g/mol. The van der Waals surface area contributed by atoms with Gasteiger partial charge in [0.2, 0.25) is 12.7 Å². The van der Waals surface area contributed by atoms with Gasteiger partial charge in [0.1, 0.15) is 0 Å². The van der Waals surface area contributed by atoms with Gasteiger partial charge in [-0.1, -0.05) is 35.5 Å². The Kier molecular flexibility index (Phi) is 6.35. The van der Waals surface area contributed by atoms with Crippen molar-refractivity contribution in [1.82, 2.24) is 9.55 Å². The number of carbonyl (C=O) groups is 1. The van der Waals surface area contributed by atoms with Crippen LogP contribution >= 0.6 is 11.8 Å². The van der Waals surface area contributed by atoms with Gasteiger partial charge in [-0.2, -0.15) is 0 Å². The Morgan fingerprint density at radius 3 is 2.88 bits per heavy atom. The van der Waals surface area contributed by atoms with Gasteiger partial charge in [-0.3, -0.25) is 14.2 Å². The number of fused-ring (bicyclic) bond motifs is 2. The Balaban J connectivity index is 1.33. The van der Waals surface area contributed by atoms with Crippen LogP contribution in [-0.2, 0) is 11.3 Å². The summed E-state index contributed by atoms with van der Waals surface area (Å²) in [6, 6.07) is 12.7. The van der Waals surface area contributed by atoms with Crippen molar-refractivity contribution < 1.29 is 14.3 Å². The van der Waals surface area contributed by atoms with E-state index in [1.54, 1.807) is 22.8 Å². The fraction of sp³-hybridized carbons (Fsp3) is 0.320. The van der Waals surface area contributed by atoms with E-state index in [2.05, 4.69) is 11.4 Å². The second-order valence-corrected chi connectivity index (χ2v) is 9.07. The first-order chi connectivity index (χ1) is 16.2. The maximum Gasteiger partial charge on any atom is 0.262 e. The van der Waals surface area contributed by atoms with Gasteiger partial charge in [-0.25, -0.2) is 4.98 Å². The zero-order valence-corrected chi connectivity index (χ0v) is 19.0. The third kappa shape index (κ3) is 4.90. The van der Waals surface area contributed by atoms with Gasteiger partial charge in [0.25, 0.3) is 5.56 Å². The molecule has 8 heteroatoms. The quantitative estimate of drug-likeness (QED) is 0.309. The number of carbonyl (C=O) groups excluding carboxylic acids is 1. The first-order valence-corrected chi connectivity index (χ1v) is 12.2. The average Bonchev–Trinajstić information content (AvgIpc) is 3.31. The molecule has 33 heavy (non-hydrogen) atoms. The number of amides is 1. The minimum atomic E-state index is -0.178. The molecule has 3 aromatic rings. The molecule has 0 spiro atoms. The van der Waals surface area contributed by atoms with Crippen LogP contribution in [0.25, 0.3) is 10.9 Å². The lowest BCUT2D eigenvalue weighted by atomic mass is 9.97. The van der Waals surface area contributed by atoms with Crippen LogP contribution < -0.4 is 20.3 Å². The summed E-state index contributed by atoms with van der Waals surface area (Å²) in [4.78, 5) is 30.6. The van der Waals surface area contributed by atoms with Gasteiger partial charge in [-0.05, 0) is 56.4 Å². The summed E-state index contributed by atoms with van der Waals surface area (Å²) < 4.78 is 12.4. The number of aromatic nitrogens is 2. The summed E-state index contributed by atoms with van der Waals surface area (Å²) in [6.07, 6.45) is 7.78. The van der Waals surface area contributed by atoms with Crippen molar-refractivity contribution >= 4 is 34.3 Å². The number of nitrogens with zero attached hydrogens (tertiary/aromatic N) is 2. The highest BCUT2D eigenvalue weighted by Gasteiger charge is 2.16. The van der Waals surface area contributed by atoms with E-state index in [0.29, 0.717) is 39.8 Å². The molecule has 0 unspecified atom stereocenters. The highest BCUT2D eigenvalue weighted by Crippen LogP contribution is 2.34. The van der Waals surface area contributed by atoms with Crippen LogP contribution in [0.2, 0.25) is 0 Å². The highest BCUT2D eigenvalue weighted by molar-refractivity contribution is 7.99. The molecule has 2 aliphatic rings. The van der Waals surface area contributed by atoms with E-state index in [-0.39, 0.29) is 24.0 Å². The Labute approximate surface area is 195 Å². The van der Waals surface area contributed by atoms with Gasteiger partial charge in [0.05, 0.1) is 16.7 Å². The van der Waals surface area contributed by atoms with Crippen LogP contribution in [-0.4, -0.2) is 28.0 Å². The molecule has 1 aliphatic carbocycles. The van der Waals surface area contributed by atoms with Crippen LogP contribution in [0.3, 0.4) is 0 Å². The standard InChI is InChI=1S/C25H25N3O4S/c29-23(26-18-10-11-21-22(14-18)32-16-31-21)15-33-25-27-20-9-5-4-8-19(20)24(30)28(25)13-12-17-6-2-1-3-7-17/h4-6,8-11,14H,1-3,7,12-13,15-16H2,(H,26,29). The summed E-state index contributed by atoms with van der Waals surface area (Å²) in [5, 5.41) is 4.04. The predicted molar refractivity (Wildman–Crippen MR) is 129 cm³/mol. The summed E-state index contributed by atoms with van der Waals surface area (Å²) in [5.74, 6) is 1.24. The van der Waals surface area contributed by atoms with Crippen molar-refractivity contribution in [2.45, 2.75) is 43.8 Å². The average molecular weight is 464 g/mol. The van der Waals surface area contributed by atoms with Crippen molar-refractivity contribution in [1.29, 1.82) is 0 Å². The lowest BCUT2D eigenvalue weighted by molar-refractivity contribution is -0.113. The molecule has 0 saturated carbocycles. The molecule has 0 bridgehead atoms. The van der Waals surface area contributed by atoms with Crippen molar-refractivity contribution in [2.75, 3.05) is 17.9 Å². The van der Waals surface area contributed by atoms with Crippen molar-refractivity contribution in [3.05, 3.63) is 64.5 Å². The number of thioether (sulfide) groups is 1.